The molecule has 2 saturated heterocycles. The fraction of sp³-hybridized carbons (Fsp3) is 0.611. The highest BCUT2D eigenvalue weighted by Gasteiger charge is 2.69. The molecular formula is C18H23N2O6P. The molecule has 2 unspecified atom stereocenters. The molecule has 0 aromatic carbocycles. The lowest BCUT2D eigenvalue weighted by molar-refractivity contribution is -0.0762. The van der Waals surface area contributed by atoms with Gasteiger partial charge in [0.2, 0.25) is 0 Å². The molecule has 2 aliphatic heterocycles. The van der Waals surface area contributed by atoms with Gasteiger partial charge >= 0.3 is 7.82 Å². The summed E-state index contributed by atoms with van der Waals surface area (Å²) in [6.45, 7) is 0.948. The maximum atomic E-state index is 11.2. The van der Waals surface area contributed by atoms with E-state index in [0.29, 0.717) is 23.6 Å². The number of hydrogen-bond acceptors (Lipinski definition) is 6. The van der Waals surface area contributed by atoms with Crippen LogP contribution in [-0.4, -0.2) is 53.2 Å². The number of rotatable bonds is 3. The van der Waals surface area contributed by atoms with E-state index in [2.05, 4.69) is 33.9 Å². The molecule has 2 heterocycles. The van der Waals surface area contributed by atoms with E-state index < -0.39 is 13.9 Å². The van der Waals surface area contributed by atoms with Gasteiger partial charge in [0.15, 0.2) is 11.9 Å². The topological polar surface area (TPSA) is 101 Å². The number of phosphoric acid groups is 1. The second-order valence-corrected chi connectivity index (χ2v) is 9.19. The van der Waals surface area contributed by atoms with Crippen LogP contribution < -0.4 is 0 Å². The van der Waals surface area contributed by atoms with Crippen molar-refractivity contribution in [3.8, 4) is 0 Å². The molecule has 1 saturated carbocycles. The van der Waals surface area contributed by atoms with Crippen LogP contribution in [0.2, 0.25) is 0 Å². The van der Waals surface area contributed by atoms with Crippen LogP contribution in [0.1, 0.15) is 12.8 Å². The first-order chi connectivity index (χ1) is 12.8. The Balaban J connectivity index is 1.66. The maximum absolute atomic E-state index is 11.2. The van der Waals surface area contributed by atoms with E-state index in [0.717, 1.165) is 30.9 Å². The Labute approximate surface area is 157 Å². The van der Waals surface area contributed by atoms with Crippen molar-refractivity contribution in [2.75, 3.05) is 20.7 Å². The van der Waals surface area contributed by atoms with Crippen LogP contribution >= 0.6 is 7.82 Å². The molecule has 5 rings (SSSR count). The molecular weight excluding hydrogens is 371 g/mol. The van der Waals surface area contributed by atoms with Gasteiger partial charge in [-0.1, -0.05) is 17.3 Å². The van der Waals surface area contributed by atoms with Gasteiger partial charge in [0.05, 0.1) is 7.11 Å². The minimum atomic E-state index is -4.70. The minimum Gasteiger partial charge on any atom is -0.493 e. The molecule has 0 radical (unpaired) electrons. The van der Waals surface area contributed by atoms with Gasteiger partial charge in [-0.3, -0.25) is 14.4 Å². The highest BCUT2D eigenvalue weighted by molar-refractivity contribution is 7.46. The van der Waals surface area contributed by atoms with Crippen LogP contribution in [0.4, 0.5) is 0 Å². The van der Waals surface area contributed by atoms with E-state index in [1.165, 1.54) is 0 Å². The van der Waals surface area contributed by atoms with Crippen molar-refractivity contribution in [3.05, 3.63) is 35.8 Å². The Bertz CT molecular complexity index is 845. The molecule has 2 N–H and O–H groups in total. The van der Waals surface area contributed by atoms with Crippen LogP contribution in [0.5, 0.6) is 0 Å². The van der Waals surface area contributed by atoms with Crippen molar-refractivity contribution in [3.63, 3.8) is 0 Å². The molecule has 5 aliphatic rings. The number of piperidine rings is 1. The number of ether oxygens (including phenoxy) is 2. The first-order valence-electron chi connectivity index (χ1n) is 9.19. The van der Waals surface area contributed by atoms with E-state index in [1.54, 1.807) is 13.2 Å². The molecule has 2 bridgehead atoms. The Kier molecular flexibility index (Phi) is 3.70. The lowest BCUT2D eigenvalue weighted by Gasteiger charge is -2.59. The van der Waals surface area contributed by atoms with Crippen molar-refractivity contribution >= 4 is 13.5 Å². The van der Waals surface area contributed by atoms with Crippen LogP contribution in [0.25, 0.3) is 0 Å². The lowest BCUT2D eigenvalue weighted by atomic mass is 9.48. The van der Waals surface area contributed by atoms with Crippen molar-refractivity contribution < 1.29 is 28.5 Å². The second kappa shape index (κ2) is 5.70. The SMILES string of the molecule is COC1=C2O[C@H]3C(=NOP(=O)(O)O)C=C[C@H]4[C@H]5CC(C=C1)C2[C@@]34CCN5C. The molecule has 9 heteroatoms. The average Bonchev–Trinajstić information content (AvgIpc) is 2.97. The van der Waals surface area contributed by atoms with Gasteiger partial charge in [-0.15, -0.1) is 0 Å². The first kappa shape index (κ1) is 17.5. The quantitative estimate of drug-likeness (QED) is 0.556. The van der Waals surface area contributed by atoms with Crippen LogP contribution in [-0.2, 0) is 18.7 Å². The van der Waals surface area contributed by atoms with Gasteiger partial charge in [0.25, 0.3) is 0 Å². The number of nitrogens with zero attached hydrogens (tertiary/aromatic N) is 2. The summed E-state index contributed by atoms with van der Waals surface area (Å²) in [6.07, 6.45) is 9.71. The Morgan fingerprint density at radius 3 is 2.93 bits per heavy atom. The van der Waals surface area contributed by atoms with Crippen LogP contribution in [0, 0.1) is 23.2 Å². The Hall–Kier alpha value is -1.60. The number of likely N-dealkylation sites (tertiary alicyclic amines) is 1. The van der Waals surface area contributed by atoms with E-state index >= 15 is 0 Å². The van der Waals surface area contributed by atoms with E-state index in [9.17, 15) is 4.57 Å². The fourth-order valence-electron chi connectivity index (χ4n) is 6.03. The normalized spacial score (nSPS) is 43.6. The molecule has 0 aromatic rings. The average molecular weight is 394 g/mol. The van der Waals surface area contributed by atoms with E-state index in [-0.39, 0.29) is 11.3 Å². The van der Waals surface area contributed by atoms with Gasteiger partial charge in [-0.25, -0.2) is 4.57 Å². The van der Waals surface area contributed by atoms with Crippen molar-refractivity contribution in [1.82, 2.24) is 4.90 Å². The number of allylic oxidation sites excluding steroid dienone is 3. The highest BCUT2D eigenvalue weighted by atomic mass is 31.2. The summed E-state index contributed by atoms with van der Waals surface area (Å²) in [5, 5.41) is 3.79. The highest BCUT2D eigenvalue weighted by Crippen LogP contribution is 2.66. The molecule has 0 amide bonds. The fourth-order valence-corrected chi connectivity index (χ4v) is 6.23. The predicted octanol–water partition coefficient (Wildman–Crippen LogP) is 1.79. The predicted molar refractivity (Wildman–Crippen MR) is 96.3 cm³/mol. The first-order valence-corrected chi connectivity index (χ1v) is 10.7. The lowest BCUT2D eigenvalue weighted by Crippen LogP contribution is -2.64. The standard InChI is InChI=1S/C18H23N2O6P/c1-20-8-7-18-11-4-5-12(19-26-27(21,22)23)17(18)25-16-14(24-2)6-3-10(15(16)18)9-13(11)20/h3-6,10-11,13,15,17H,7-9H2,1-2H3,(H2,21,22,23)/t10?,11-,13+,15?,17-,18-/m0/s1. The van der Waals surface area contributed by atoms with E-state index in [1.807, 2.05) is 6.08 Å². The van der Waals surface area contributed by atoms with E-state index in [4.69, 9.17) is 19.3 Å². The third-order valence-corrected chi connectivity index (χ3v) is 7.28. The summed E-state index contributed by atoms with van der Waals surface area (Å²) in [5.74, 6) is 2.39. The summed E-state index contributed by atoms with van der Waals surface area (Å²) in [7, 11) is -0.900. The van der Waals surface area contributed by atoms with Gasteiger partial charge in [0, 0.05) is 23.3 Å². The Morgan fingerprint density at radius 2 is 2.19 bits per heavy atom. The van der Waals surface area contributed by atoms with Crippen molar-refractivity contribution in [2.45, 2.75) is 25.0 Å². The second-order valence-electron chi connectivity index (χ2n) is 8.05. The van der Waals surface area contributed by atoms with Gasteiger partial charge < -0.3 is 14.4 Å². The smallest absolute Gasteiger partial charge is 0.493 e. The number of hydrogen-bond donors (Lipinski definition) is 2. The molecule has 3 fully saturated rings. The monoisotopic (exact) mass is 394 g/mol. The van der Waals surface area contributed by atoms with Crippen LogP contribution in [0.3, 0.4) is 0 Å². The molecule has 0 aromatic heterocycles. The molecule has 6 atom stereocenters. The minimum absolute atomic E-state index is 0.183. The Morgan fingerprint density at radius 1 is 1.37 bits per heavy atom. The molecule has 1 spiro atoms. The maximum Gasteiger partial charge on any atom is 0.545 e. The van der Waals surface area contributed by atoms with Crippen LogP contribution in [0.15, 0.2) is 41.0 Å². The van der Waals surface area contributed by atoms with Crippen molar-refractivity contribution in [1.29, 1.82) is 0 Å². The van der Waals surface area contributed by atoms with Gasteiger partial charge in [-0.2, -0.15) is 0 Å². The van der Waals surface area contributed by atoms with Gasteiger partial charge in [-0.05, 0) is 44.5 Å². The summed E-state index contributed by atoms with van der Waals surface area (Å²) in [5.41, 5.74) is 0.228. The summed E-state index contributed by atoms with van der Waals surface area (Å²) in [6, 6.07) is 0.402. The molecule has 27 heavy (non-hydrogen) atoms. The van der Waals surface area contributed by atoms with Gasteiger partial charge in [0.1, 0.15) is 11.5 Å². The largest absolute Gasteiger partial charge is 0.545 e. The molecule has 146 valence electrons. The summed E-state index contributed by atoms with van der Waals surface area (Å²) >= 11 is 0. The van der Waals surface area contributed by atoms with Crippen molar-refractivity contribution in [2.24, 2.45) is 28.3 Å². The zero-order valence-corrected chi connectivity index (χ0v) is 16.1. The molecule has 8 nitrogen and oxygen atoms in total. The summed E-state index contributed by atoms with van der Waals surface area (Å²) in [4.78, 5) is 20.5. The number of methoxy groups -OCH3 is 1. The third kappa shape index (κ3) is 2.34. The zero-order valence-electron chi connectivity index (χ0n) is 15.2. The zero-order chi connectivity index (χ0) is 19.0. The number of oxime groups is 1. The summed E-state index contributed by atoms with van der Waals surface area (Å²) < 4.78 is 27.6. The third-order valence-electron chi connectivity index (χ3n) is 6.99. The molecule has 3 aliphatic carbocycles.